The fourth-order valence-electron chi connectivity index (χ4n) is 3.11. The average molecular weight is 493 g/mol. The summed E-state index contributed by atoms with van der Waals surface area (Å²) >= 11 is 1.21. The van der Waals surface area contributed by atoms with Gasteiger partial charge in [-0.15, -0.1) is 10.2 Å². The number of rotatable bonds is 9. The van der Waals surface area contributed by atoms with Gasteiger partial charge < -0.3 is 15.0 Å². The Kier molecular flexibility index (Phi) is 8.21. The smallest absolute Gasteiger partial charge is 0.416 e. The Balaban J connectivity index is 1.58. The predicted molar refractivity (Wildman–Crippen MR) is 123 cm³/mol. The number of aromatic nitrogens is 2. The van der Waals surface area contributed by atoms with E-state index in [1.54, 1.807) is 19.2 Å². The molecule has 0 fully saturated rings. The van der Waals surface area contributed by atoms with Gasteiger partial charge in [0.05, 0.1) is 12.7 Å². The van der Waals surface area contributed by atoms with Crippen LogP contribution in [0.25, 0.3) is 10.6 Å². The highest BCUT2D eigenvalue weighted by Gasteiger charge is 2.30. The molecule has 0 bridgehead atoms. The van der Waals surface area contributed by atoms with Crippen molar-refractivity contribution in [3.05, 3.63) is 59.7 Å². The van der Waals surface area contributed by atoms with Crippen LogP contribution in [0.5, 0.6) is 5.75 Å². The number of nitrogens with one attached hydrogen (secondary N) is 1. The maximum atomic E-state index is 12.8. The highest BCUT2D eigenvalue weighted by Crippen LogP contribution is 2.29. The number of alkyl halides is 3. The molecule has 0 atom stereocenters. The maximum absolute atomic E-state index is 12.8. The van der Waals surface area contributed by atoms with Gasteiger partial charge in [-0.3, -0.25) is 9.59 Å². The van der Waals surface area contributed by atoms with Gasteiger partial charge in [-0.05, 0) is 55.0 Å². The Labute approximate surface area is 198 Å². The minimum Gasteiger partial charge on any atom is -0.497 e. The molecule has 7 nitrogen and oxygen atoms in total. The predicted octanol–water partition coefficient (Wildman–Crippen LogP) is 5.11. The van der Waals surface area contributed by atoms with Crippen molar-refractivity contribution in [2.24, 2.45) is 0 Å². The standard InChI is InChI=1S/C23H23F3N4O3S/c1-3-13-30(21(32)16-4-8-17(9-5-16)23(24,25)26)14-12-19(31)27-22-29-28-20(34-22)15-6-10-18(33-2)11-7-15/h4-11H,3,12-14H2,1-2H3,(H,27,29,31). The molecule has 0 radical (unpaired) electrons. The normalized spacial score (nSPS) is 11.2. The lowest BCUT2D eigenvalue weighted by Gasteiger charge is -2.22. The van der Waals surface area contributed by atoms with Crippen LogP contribution < -0.4 is 10.1 Å². The molecule has 2 amide bonds. The van der Waals surface area contributed by atoms with Crippen molar-refractivity contribution in [3.8, 4) is 16.3 Å². The number of halogens is 3. The van der Waals surface area contributed by atoms with E-state index in [1.165, 1.54) is 16.2 Å². The number of benzene rings is 2. The molecule has 1 aromatic heterocycles. The Morgan fingerprint density at radius 2 is 1.71 bits per heavy atom. The van der Waals surface area contributed by atoms with Crippen molar-refractivity contribution in [1.29, 1.82) is 0 Å². The SMILES string of the molecule is CCCN(CCC(=O)Nc1nnc(-c2ccc(OC)cc2)s1)C(=O)c1ccc(C(F)(F)F)cc1. The number of methoxy groups -OCH3 is 1. The number of nitrogens with zero attached hydrogens (tertiary/aromatic N) is 3. The Morgan fingerprint density at radius 1 is 1.03 bits per heavy atom. The first kappa shape index (κ1) is 25.2. The minimum absolute atomic E-state index is 0.00379. The molecule has 0 spiro atoms. The van der Waals surface area contributed by atoms with E-state index in [1.807, 2.05) is 19.1 Å². The number of anilines is 1. The molecule has 11 heteroatoms. The summed E-state index contributed by atoms with van der Waals surface area (Å²) < 4.78 is 43.4. The molecule has 1 heterocycles. The number of carbonyl (C=O) groups is 2. The molecule has 0 aliphatic carbocycles. The number of ether oxygens (including phenoxy) is 1. The fraction of sp³-hybridized carbons (Fsp3) is 0.304. The summed E-state index contributed by atoms with van der Waals surface area (Å²) in [6.45, 7) is 2.35. The van der Waals surface area contributed by atoms with Gasteiger partial charge >= 0.3 is 6.18 Å². The molecule has 0 saturated carbocycles. The molecule has 34 heavy (non-hydrogen) atoms. The maximum Gasteiger partial charge on any atom is 0.416 e. The van der Waals surface area contributed by atoms with Crippen LogP contribution in [0.1, 0.15) is 35.7 Å². The van der Waals surface area contributed by atoms with E-state index in [2.05, 4.69) is 15.5 Å². The third-order valence-corrected chi connectivity index (χ3v) is 5.74. The highest BCUT2D eigenvalue weighted by atomic mass is 32.1. The average Bonchev–Trinajstić information content (AvgIpc) is 3.29. The summed E-state index contributed by atoms with van der Waals surface area (Å²) in [5.41, 5.74) is 0.140. The summed E-state index contributed by atoms with van der Waals surface area (Å²) in [5, 5.41) is 11.7. The summed E-state index contributed by atoms with van der Waals surface area (Å²) in [4.78, 5) is 26.6. The van der Waals surface area contributed by atoms with Gasteiger partial charge in [0.15, 0.2) is 0 Å². The van der Waals surface area contributed by atoms with Gasteiger partial charge in [-0.1, -0.05) is 18.3 Å². The van der Waals surface area contributed by atoms with Gasteiger partial charge in [-0.25, -0.2) is 0 Å². The molecule has 0 saturated heterocycles. The van der Waals surface area contributed by atoms with Crippen molar-refractivity contribution in [3.63, 3.8) is 0 Å². The monoisotopic (exact) mass is 492 g/mol. The molecule has 1 N–H and O–H groups in total. The zero-order valence-corrected chi connectivity index (χ0v) is 19.4. The topological polar surface area (TPSA) is 84.4 Å². The number of hydrogen-bond acceptors (Lipinski definition) is 6. The zero-order valence-electron chi connectivity index (χ0n) is 18.6. The van der Waals surface area contributed by atoms with Gasteiger partial charge in [0, 0.05) is 30.6 Å². The summed E-state index contributed by atoms with van der Waals surface area (Å²) in [6, 6.07) is 11.3. The van der Waals surface area contributed by atoms with Gasteiger partial charge in [0.1, 0.15) is 10.8 Å². The van der Waals surface area contributed by atoms with E-state index in [-0.39, 0.29) is 24.4 Å². The molecule has 0 unspecified atom stereocenters. The third kappa shape index (κ3) is 6.53. The number of carbonyl (C=O) groups excluding carboxylic acids is 2. The molecular formula is C23H23F3N4O3S. The molecule has 3 aromatic rings. The molecule has 3 rings (SSSR count). The van der Waals surface area contributed by atoms with Crippen molar-refractivity contribution in [2.45, 2.75) is 25.9 Å². The van der Waals surface area contributed by atoms with Gasteiger partial charge in [-0.2, -0.15) is 13.2 Å². The zero-order chi connectivity index (χ0) is 24.7. The van der Waals surface area contributed by atoms with Crippen LogP contribution in [0.4, 0.5) is 18.3 Å². The molecule has 0 aliphatic heterocycles. The third-order valence-electron chi connectivity index (χ3n) is 4.86. The summed E-state index contributed by atoms with van der Waals surface area (Å²) in [7, 11) is 1.58. The van der Waals surface area contributed by atoms with Crippen molar-refractivity contribution >= 4 is 28.3 Å². The van der Waals surface area contributed by atoms with E-state index < -0.39 is 17.6 Å². The Bertz CT molecular complexity index is 1120. The van der Waals surface area contributed by atoms with E-state index in [0.29, 0.717) is 28.9 Å². The van der Waals surface area contributed by atoms with Gasteiger partial charge in [0.25, 0.3) is 5.91 Å². The Hall–Kier alpha value is -3.47. The molecular weight excluding hydrogens is 469 g/mol. The van der Waals surface area contributed by atoms with Crippen molar-refractivity contribution in [1.82, 2.24) is 15.1 Å². The largest absolute Gasteiger partial charge is 0.497 e. The van der Waals surface area contributed by atoms with Crippen LogP contribution in [-0.2, 0) is 11.0 Å². The lowest BCUT2D eigenvalue weighted by molar-refractivity contribution is -0.137. The van der Waals surface area contributed by atoms with E-state index in [0.717, 1.165) is 29.8 Å². The second-order valence-corrected chi connectivity index (χ2v) is 8.28. The second-order valence-electron chi connectivity index (χ2n) is 7.31. The van der Waals surface area contributed by atoms with E-state index in [4.69, 9.17) is 4.74 Å². The number of amides is 2. The first-order valence-corrected chi connectivity index (χ1v) is 11.3. The lowest BCUT2D eigenvalue weighted by Crippen LogP contribution is -2.34. The molecule has 0 aliphatic rings. The quantitative estimate of drug-likeness (QED) is 0.449. The lowest BCUT2D eigenvalue weighted by atomic mass is 10.1. The minimum atomic E-state index is -4.47. The van der Waals surface area contributed by atoms with Crippen molar-refractivity contribution in [2.75, 3.05) is 25.5 Å². The summed E-state index contributed by atoms with van der Waals surface area (Å²) in [6.07, 6.45) is -3.83. The van der Waals surface area contributed by atoms with Crippen molar-refractivity contribution < 1.29 is 27.5 Å². The van der Waals surface area contributed by atoms with Crippen LogP contribution in [0.3, 0.4) is 0 Å². The highest BCUT2D eigenvalue weighted by molar-refractivity contribution is 7.18. The van der Waals surface area contributed by atoms with Gasteiger partial charge in [0.2, 0.25) is 11.0 Å². The number of hydrogen-bond donors (Lipinski definition) is 1. The second kappa shape index (κ2) is 11.1. The first-order chi connectivity index (χ1) is 16.2. The molecule has 2 aromatic carbocycles. The fourth-order valence-corrected chi connectivity index (χ4v) is 3.88. The first-order valence-electron chi connectivity index (χ1n) is 10.5. The Morgan fingerprint density at radius 3 is 2.29 bits per heavy atom. The van der Waals surface area contributed by atoms with Crippen LogP contribution in [0.2, 0.25) is 0 Å². The van der Waals surface area contributed by atoms with Crippen LogP contribution in [0, 0.1) is 0 Å². The summed E-state index contributed by atoms with van der Waals surface area (Å²) in [5.74, 6) is -0.0656. The van der Waals surface area contributed by atoms with E-state index >= 15 is 0 Å². The van der Waals surface area contributed by atoms with E-state index in [9.17, 15) is 22.8 Å². The van der Waals surface area contributed by atoms with Crippen LogP contribution in [-0.4, -0.2) is 47.1 Å². The van der Waals surface area contributed by atoms with Crippen LogP contribution >= 0.6 is 11.3 Å². The van der Waals surface area contributed by atoms with Crippen LogP contribution in [0.15, 0.2) is 48.5 Å². The molecule has 180 valence electrons.